The van der Waals surface area contributed by atoms with Gasteiger partial charge in [-0.05, 0) is 38.8 Å². The zero-order valence-electron chi connectivity index (χ0n) is 10.9. The van der Waals surface area contributed by atoms with Gasteiger partial charge in [0.05, 0.1) is 18.0 Å². The van der Waals surface area contributed by atoms with E-state index in [1.165, 1.54) is 17.8 Å². The predicted octanol–water partition coefficient (Wildman–Crippen LogP) is 1.42. The average molecular weight is 237 g/mol. The molecule has 0 spiro atoms. The SMILES string of the molecule is CCc1cc(CN2CCC[C@H]2CO)n(CC)n1. The van der Waals surface area contributed by atoms with E-state index in [1.807, 2.05) is 0 Å². The highest BCUT2D eigenvalue weighted by Gasteiger charge is 2.24. The lowest BCUT2D eigenvalue weighted by Gasteiger charge is -2.22. The number of rotatable bonds is 5. The first-order valence-electron chi connectivity index (χ1n) is 6.69. The van der Waals surface area contributed by atoms with E-state index in [1.54, 1.807) is 0 Å². The molecular weight excluding hydrogens is 214 g/mol. The Kier molecular flexibility index (Phi) is 4.18. The molecule has 4 nitrogen and oxygen atoms in total. The molecule has 1 fully saturated rings. The van der Waals surface area contributed by atoms with Crippen molar-refractivity contribution in [1.82, 2.24) is 14.7 Å². The minimum absolute atomic E-state index is 0.279. The van der Waals surface area contributed by atoms with E-state index < -0.39 is 0 Å². The summed E-state index contributed by atoms with van der Waals surface area (Å²) in [6.07, 6.45) is 3.31. The standard InChI is InChI=1S/C13H23N3O/c1-3-11-8-13(16(4-2)14-11)9-15-7-5-6-12(15)10-17/h8,12,17H,3-7,9-10H2,1-2H3/t12-/m0/s1. The molecule has 1 N–H and O–H groups in total. The van der Waals surface area contributed by atoms with Gasteiger partial charge in [-0.1, -0.05) is 6.92 Å². The van der Waals surface area contributed by atoms with Crippen LogP contribution in [0.4, 0.5) is 0 Å². The highest BCUT2D eigenvalue weighted by molar-refractivity contribution is 5.11. The molecule has 4 heteroatoms. The van der Waals surface area contributed by atoms with Crippen molar-refractivity contribution in [1.29, 1.82) is 0 Å². The number of aryl methyl sites for hydroxylation is 2. The molecule has 0 unspecified atom stereocenters. The second kappa shape index (κ2) is 5.65. The van der Waals surface area contributed by atoms with Crippen LogP contribution >= 0.6 is 0 Å². The Bertz CT molecular complexity index is 362. The molecule has 96 valence electrons. The molecule has 1 aliphatic rings. The molecule has 1 aromatic heterocycles. The van der Waals surface area contributed by atoms with Gasteiger partial charge in [0, 0.05) is 19.1 Å². The fraction of sp³-hybridized carbons (Fsp3) is 0.769. The monoisotopic (exact) mass is 237 g/mol. The summed E-state index contributed by atoms with van der Waals surface area (Å²) in [7, 11) is 0. The smallest absolute Gasteiger partial charge is 0.0625 e. The highest BCUT2D eigenvalue weighted by atomic mass is 16.3. The molecule has 0 amide bonds. The molecule has 1 saturated heterocycles. The minimum Gasteiger partial charge on any atom is -0.395 e. The van der Waals surface area contributed by atoms with Crippen molar-refractivity contribution in [3.8, 4) is 0 Å². The van der Waals surface area contributed by atoms with Crippen LogP contribution in [0, 0.1) is 0 Å². The number of hydrogen-bond acceptors (Lipinski definition) is 3. The second-order valence-corrected chi connectivity index (χ2v) is 4.75. The van der Waals surface area contributed by atoms with Crippen molar-refractivity contribution in [2.75, 3.05) is 13.2 Å². The molecule has 1 atom stereocenters. The zero-order chi connectivity index (χ0) is 12.3. The number of aromatic nitrogens is 2. The Morgan fingerprint density at radius 3 is 2.94 bits per heavy atom. The number of likely N-dealkylation sites (tertiary alicyclic amines) is 1. The molecular formula is C13H23N3O. The number of hydrogen-bond donors (Lipinski definition) is 1. The summed E-state index contributed by atoms with van der Waals surface area (Å²) in [6, 6.07) is 2.55. The largest absolute Gasteiger partial charge is 0.395 e. The van der Waals surface area contributed by atoms with E-state index in [2.05, 4.69) is 34.6 Å². The van der Waals surface area contributed by atoms with Crippen molar-refractivity contribution in [3.63, 3.8) is 0 Å². The van der Waals surface area contributed by atoms with E-state index in [4.69, 9.17) is 0 Å². The lowest BCUT2D eigenvalue weighted by atomic mass is 10.2. The van der Waals surface area contributed by atoms with Gasteiger partial charge in [-0.3, -0.25) is 9.58 Å². The van der Waals surface area contributed by atoms with Crippen molar-refractivity contribution in [3.05, 3.63) is 17.5 Å². The molecule has 2 heterocycles. The molecule has 0 bridgehead atoms. The van der Waals surface area contributed by atoms with Crippen molar-refractivity contribution in [2.45, 2.75) is 52.2 Å². The number of aliphatic hydroxyl groups is 1. The molecule has 17 heavy (non-hydrogen) atoms. The van der Waals surface area contributed by atoms with Crippen LogP contribution in [-0.4, -0.2) is 39.0 Å². The van der Waals surface area contributed by atoms with Crippen LogP contribution in [0.3, 0.4) is 0 Å². The maximum atomic E-state index is 9.33. The molecule has 0 aliphatic carbocycles. The van der Waals surface area contributed by atoms with Gasteiger partial charge in [-0.2, -0.15) is 5.10 Å². The van der Waals surface area contributed by atoms with Gasteiger partial charge in [0.2, 0.25) is 0 Å². The van der Waals surface area contributed by atoms with Crippen LogP contribution in [0.2, 0.25) is 0 Å². The molecule has 2 rings (SSSR count). The number of aliphatic hydroxyl groups excluding tert-OH is 1. The van der Waals surface area contributed by atoms with E-state index in [9.17, 15) is 5.11 Å². The normalized spacial score (nSPS) is 21.2. The Hall–Kier alpha value is -0.870. The zero-order valence-corrected chi connectivity index (χ0v) is 10.9. The van der Waals surface area contributed by atoms with Gasteiger partial charge in [0.1, 0.15) is 0 Å². The summed E-state index contributed by atoms with van der Waals surface area (Å²) < 4.78 is 2.09. The second-order valence-electron chi connectivity index (χ2n) is 4.75. The van der Waals surface area contributed by atoms with E-state index in [-0.39, 0.29) is 6.61 Å². The summed E-state index contributed by atoms with van der Waals surface area (Å²) in [5.41, 5.74) is 2.45. The van der Waals surface area contributed by atoms with Gasteiger partial charge in [0.25, 0.3) is 0 Å². The van der Waals surface area contributed by atoms with Crippen LogP contribution in [0.5, 0.6) is 0 Å². The molecule has 0 radical (unpaired) electrons. The van der Waals surface area contributed by atoms with Crippen molar-refractivity contribution >= 4 is 0 Å². The predicted molar refractivity (Wildman–Crippen MR) is 67.8 cm³/mol. The molecule has 1 aliphatic heterocycles. The molecule has 0 saturated carbocycles. The Balaban J connectivity index is 2.09. The van der Waals surface area contributed by atoms with Crippen LogP contribution < -0.4 is 0 Å². The first-order chi connectivity index (χ1) is 8.28. The van der Waals surface area contributed by atoms with Crippen LogP contribution in [0.1, 0.15) is 38.1 Å². The first-order valence-corrected chi connectivity index (χ1v) is 6.69. The lowest BCUT2D eigenvalue weighted by molar-refractivity contribution is 0.151. The Morgan fingerprint density at radius 1 is 1.47 bits per heavy atom. The summed E-state index contributed by atoms with van der Waals surface area (Å²) in [4.78, 5) is 2.38. The van der Waals surface area contributed by atoms with Gasteiger partial charge in [-0.15, -0.1) is 0 Å². The third-order valence-corrected chi connectivity index (χ3v) is 3.65. The van der Waals surface area contributed by atoms with Crippen LogP contribution in [-0.2, 0) is 19.5 Å². The molecule has 1 aromatic rings. The fourth-order valence-electron chi connectivity index (χ4n) is 2.61. The quantitative estimate of drug-likeness (QED) is 0.842. The van der Waals surface area contributed by atoms with Crippen LogP contribution in [0.15, 0.2) is 6.07 Å². The Labute approximate surface area is 103 Å². The lowest BCUT2D eigenvalue weighted by Crippen LogP contribution is -2.32. The van der Waals surface area contributed by atoms with Gasteiger partial charge >= 0.3 is 0 Å². The summed E-state index contributed by atoms with van der Waals surface area (Å²) in [5.74, 6) is 0. The Morgan fingerprint density at radius 2 is 2.29 bits per heavy atom. The first kappa shape index (κ1) is 12.6. The summed E-state index contributed by atoms with van der Waals surface area (Å²) in [5, 5.41) is 13.9. The van der Waals surface area contributed by atoms with Gasteiger partial charge < -0.3 is 5.11 Å². The maximum Gasteiger partial charge on any atom is 0.0625 e. The van der Waals surface area contributed by atoms with E-state index in [0.717, 1.165) is 32.5 Å². The summed E-state index contributed by atoms with van der Waals surface area (Å²) >= 11 is 0. The van der Waals surface area contributed by atoms with E-state index in [0.29, 0.717) is 6.04 Å². The third-order valence-electron chi connectivity index (χ3n) is 3.65. The van der Waals surface area contributed by atoms with Crippen LogP contribution in [0.25, 0.3) is 0 Å². The maximum absolute atomic E-state index is 9.33. The van der Waals surface area contributed by atoms with E-state index >= 15 is 0 Å². The average Bonchev–Trinajstić information content (AvgIpc) is 2.95. The topological polar surface area (TPSA) is 41.3 Å². The summed E-state index contributed by atoms with van der Waals surface area (Å²) in [6.45, 7) is 7.49. The minimum atomic E-state index is 0.279. The highest BCUT2D eigenvalue weighted by Crippen LogP contribution is 2.20. The van der Waals surface area contributed by atoms with Gasteiger partial charge in [0.15, 0.2) is 0 Å². The third kappa shape index (κ3) is 2.69. The fourth-order valence-corrected chi connectivity index (χ4v) is 2.61. The number of nitrogens with zero attached hydrogens (tertiary/aromatic N) is 3. The molecule has 0 aromatic carbocycles. The van der Waals surface area contributed by atoms with Gasteiger partial charge in [-0.25, -0.2) is 0 Å². The van der Waals surface area contributed by atoms with Crippen molar-refractivity contribution in [2.24, 2.45) is 0 Å². The van der Waals surface area contributed by atoms with Crippen molar-refractivity contribution < 1.29 is 5.11 Å².